The highest BCUT2D eigenvalue weighted by Crippen LogP contribution is 2.16. The summed E-state index contributed by atoms with van der Waals surface area (Å²) in [6.07, 6.45) is 0.0699. The molecular formula is C12H14N2O2. The number of ether oxygens (including phenoxy) is 2. The van der Waals surface area contributed by atoms with Gasteiger partial charge in [0.05, 0.1) is 12.2 Å². The third kappa shape index (κ3) is 2.72. The predicted molar refractivity (Wildman–Crippen MR) is 59.3 cm³/mol. The summed E-state index contributed by atoms with van der Waals surface area (Å²) in [6, 6.07) is 9.33. The van der Waals surface area contributed by atoms with E-state index in [0.29, 0.717) is 24.5 Å². The van der Waals surface area contributed by atoms with E-state index in [-0.39, 0.29) is 6.10 Å². The second-order valence-electron chi connectivity index (χ2n) is 3.62. The Morgan fingerprint density at radius 1 is 1.50 bits per heavy atom. The molecule has 1 aromatic carbocycles. The van der Waals surface area contributed by atoms with Crippen LogP contribution >= 0.6 is 0 Å². The first-order chi connectivity index (χ1) is 7.90. The summed E-state index contributed by atoms with van der Waals surface area (Å²) in [5.41, 5.74) is 0.561. The van der Waals surface area contributed by atoms with Gasteiger partial charge in [-0.2, -0.15) is 5.26 Å². The van der Waals surface area contributed by atoms with Crippen LogP contribution in [0.3, 0.4) is 0 Å². The Kier molecular flexibility index (Phi) is 3.76. The third-order valence-corrected chi connectivity index (χ3v) is 2.44. The molecule has 2 rings (SSSR count). The quantitative estimate of drug-likeness (QED) is 0.819. The summed E-state index contributed by atoms with van der Waals surface area (Å²) in [5.74, 6) is 0.624. The van der Waals surface area contributed by atoms with Crippen LogP contribution in [0.2, 0.25) is 0 Å². The molecule has 0 bridgehead atoms. The van der Waals surface area contributed by atoms with Crippen molar-refractivity contribution in [2.24, 2.45) is 0 Å². The molecule has 1 saturated heterocycles. The van der Waals surface area contributed by atoms with Gasteiger partial charge in [-0.3, -0.25) is 0 Å². The molecule has 1 atom stereocenters. The van der Waals surface area contributed by atoms with Gasteiger partial charge in [0.15, 0.2) is 0 Å². The summed E-state index contributed by atoms with van der Waals surface area (Å²) < 4.78 is 11.1. The van der Waals surface area contributed by atoms with Gasteiger partial charge < -0.3 is 14.8 Å². The summed E-state index contributed by atoms with van der Waals surface area (Å²) in [7, 11) is 0. The fourth-order valence-electron chi connectivity index (χ4n) is 1.59. The first-order valence-corrected chi connectivity index (χ1v) is 5.34. The summed E-state index contributed by atoms with van der Waals surface area (Å²) in [4.78, 5) is 0. The van der Waals surface area contributed by atoms with Crippen LogP contribution in [0.5, 0.6) is 5.75 Å². The lowest BCUT2D eigenvalue weighted by Crippen LogP contribution is -2.41. The molecule has 0 aromatic heterocycles. The van der Waals surface area contributed by atoms with Crippen molar-refractivity contribution < 1.29 is 9.47 Å². The van der Waals surface area contributed by atoms with E-state index in [0.717, 1.165) is 13.1 Å². The van der Waals surface area contributed by atoms with Gasteiger partial charge in [-0.25, -0.2) is 0 Å². The van der Waals surface area contributed by atoms with E-state index in [2.05, 4.69) is 11.4 Å². The zero-order chi connectivity index (χ0) is 11.2. The molecule has 1 aromatic rings. The van der Waals surface area contributed by atoms with E-state index in [4.69, 9.17) is 14.7 Å². The number of morpholine rings is 1. The molecule has 1 unspecified atom stereocenters. The standard InChI is InChI=1S/C12H14N2O2/c13-7-10-3-1-2-4-12(10)16-9-11-8-14-5-6-15-11/h1-4,11,14H,5-6,8-9H2. The van der Waals surface area contributed by atoms with E-state index in [1.54, 1.807) is 12.1 Å². The Morgan fingerprint density at radius 2 is 2.38 bits per heavy atom. The Hall–Kier alpha value is -1.57. The summed E-state index contributed by atoms with van der Waals surface area (Å²) in [6.45, 7) is 2.89. The Bertz CT molecular complexity index is 381. The molecule has 1 N–H and O–H groups in total. The summed E-state index contributed by atoms with van der Waals surface area (Å²) >= 11 is 0. The average Bonchev–Trinajstić information content (AvgIpc) is 2.38. The fourth-order valence-corrected chi connectivity index (χ4v) is 1.59. The van der Waals surface area contributed by atoms with Crippen molar-refractivity contribution >= 4 is 0 Å². The van der Waals surface area contributed by atoms with Gasteiger partial charge in [0.25, 0.3) is 0 Å². The molecule has 4 heteroatoms. The molecule has 4 nitrogen and oxygen atoms in total. The molecule has 0 amide bonds. The number of rotatable bonds is 3. The maximum Gasteiger partial charge on any atom is 0.137 e. The van der Waals surface area contributed by atoms with Crippen LogP contribution in [0.1, 0.15) is 5.56 Å². The number of nitrogens with zero attached hydrogens (tertiary/aromatic N) is 1. The van der Waals surface area contributed by atoms with Crippen LogP contribution in [0.4, 0.5) is 0 Å². The van der Waals surface area contributed by atoms with Gasteiger partial charge in [-0.05, 0) is 12.1 Å². The van der Waals surface area contributed by atoms with Crippen LogP contribution in [0, 0.1) is 11.3 Å². The molecule has 1 aliphatic rings. The minimum Gasteiger partial charge on any atom is -0.489 e. The van der Waals surface area contributed by atoms with E-state index in [1.807, 2.05) is 12.1 Å². The molecule has 84 valence electrons. The first kappa shape index (κ1) is 10.9. The van der Waals surface area contributed by atoms with Gasteiger partial charge in [0.2, 0.25) is 0 Å². The number of benzene rings is 1. The lowest BCUT2D eigenvalue weighted by atomic mass is 10.2. The zero-order valence-electron chi connectivity index (χ0n) is 8.98. The number of nitrogens with one attached hydrogen (secondary N) is 1. The minimum absolute atomic E-state index is 0.0699. The molecule has 0 saturated carbocycles. The maximum atomic E-state index is 8.88. The van der Waals surface area contributed by atoms with E-state index < -0.39 is 0 Å². The molecular weight excluding hydrogens is 204 g/mol. The third-order valence-electron chi connectivity index (χ3n) is 2.44. The SMILES string of the molecule is N#Cc1ccccc1OCC1CNCCO1. The largest absolute Gasteiger partial charge is 0.489 e. The van der Waals surface area contributed by atoms with Crippen molar-refractivity contribution in [3.05, 3.63) is 29.8 Å². The van der Waals surface area contributed by atoms with Crippen LogP contribution in [0.25, 0.3) is 0 Å². The van der Waals surface area contributed by atoms with Gasteiger partial charge in [0, 0.05) is 13.1 Å². The Morgan fingerprint density at radius 3 is 3.12 bits per heavy atom. The molecule has 1 aliphatic heterocycles. The van der Waals surface area contributed by atoms with Crippen LogP contribution in [-0.2, 0) is 4.74 Å². The lowest BCUT2D eigenvalue weighted by molar-refractivity contribution is 0.000141. The van der Waals surface area contributed by atoms with E-state index in [9.17, 15) is 0 Å². The van der Waals surface area contributed by atoms with Crippen molar-refractivity contribution in [3.8, 4) is 11.8 Å². The Labute approximate surface area is 94.8 Å². The monoisotopic (exact) mass is 218 g/mol. The molecule has 0 spiro atoms. The number of para-hydroxylation sites is 1. The topological polar surface area (TPSA) is 54.3 Å². The molecule has 16 heavy (non-hydrogen) atoms. The van der Waals surface area contributed by atoms with Gasteiger partial charge in [-0.1, -0.05) is 12.1 Å². The molecule has 0 aliphatic carbocycles. The highest BCUT2D eigenvalue weighted by molar-refractivity contribution is 5.42. The Balaban J connectivity index is 1.91. The molecule has 0 radical (unpaired) electrons. The van der Waals surface area contributed by atoms with Crippen molar-refractivity contribution in [1.82, 2.24) is 5.32 Å². The summed E-state index contributed by atoms with van der Waals surface area (Å²) in [5, 5.41) is 12.1. The fraction of sp³-hybridized carbons (Fsp3) is 0.417. The van der Waals surface area contributed by atoms with Crippen molar-refractivity contribution in [1.29, 1.82) is 5.26 Å². The van der Waals surface area contributed by atoms with Crippen LogP contribution < -0.4 is 10.1 Å². The van der Waals surface area contributed by atoms with Crippen molar-refractivity contribution in [2.75, 3.05) is 26.3 Å². The second kappa shape index (κ2) is 5.50. The van der Waals surface area contributed by atoms with Crippen LogP contribution in [-0.4, -0.2) is 32.4 Å². The first-order valence-electron chi connectivity index (χ1n) is 5.34. The van der Waals surface area contributed by atoms with Crippen molar-refractivity contribution in [2.45, 2.75) is 6.10 Å². The van der Waals surface area contributed by atoms with Gasteiger partial charge >= 0.3 is 0 Å². The lowest BCUT2D eigenvalue weighted by Gasteiger charge is -2.23. The number of hydrogen-bond acceptors (Lipinski definition) is 4. The van der Waals surface area contributed by atoms with E-state index >= 15 is 0 Å². The second-order valence-corrected chi connectivity index (χ2v) is 3.62. The average molecular weight is 218 g/mol. The number of nitriles is 1. The van der Waals surface area contributed by atoms with Gasteiger partial charge in [0.1, 0.15) is 24.5 Å². The zero-order valence-corrected chi connectivity index (χ0v) is 8.98. The highest BCUT2D eigenvalue weighted by Gasteiger charge is 2.14. The molecule has 1 fully saturated rings. The normalized spacial score (nSPS) is 20.1. The highest BCUT2D eigenvalue weighted by atomic mass is 16.5. The maximum absolute atomic E-state index is 8.88. The smallest absolute Gasteiger partial charge is 0.137 e. The van der Waals surface area contributed by atoms with Crippen molar-refractivity contribution in [3.63, 3.8) is 0 Å². The number of hydrogen-bond donors (Lipinski definition) is 1. The van der Waals surface area contributed by atoms with Gasteiger partial charge in [-0.15, -0.1) is 0 Å². The van der Waals surface area contributed by atoms with Crippen LogP contribution in [0.15, 0.2) is 24.3 Å². The minimum atomic E-state index is 0.0699. The predicted octanol–water partition coefficient (Wildman–Crippen LogP) is 0.925. The van der Waals surface area contributed by atoms with E-state index in [1.165, 1.54) is 0 Å². The molecule has 1 heterocycles.